The molecular formula is C18H20BrN5O2S. The molecule has 7 nitrogen and oxygen atoms in total. The lowest BCUT2D eigenvalue weighted by atomic mass is 10.2. The van der Waals surface area contributed by atoms with Crippen LogP contribution in [0, 0.1) is 4.77 Å². The maximum Gasteiger partial charge on any atom is 0.214 e. The molecule has 0 saturated carbocycles. The maximum absolute atomic E-state index is 5.77. The number of ether oxygens (including phenoxy) is 2. The molecule has 2 heterocycles. The molecule has 2 aromatic heterocycles. The van der Waals surface area contributed by atoms with Crippen LogP contribution in [0.1, 0.15) is 18.9 Å². The van der Waals surface area contributed by atoms with Crippen LogP contribution in [0.15, 0.2) is 41.1 Å². The lowest BCUT2D eigenvalue weighted by Gasteiger charge is -2.15. The Balaban J connectivity index is 1.83. The predicted molar refractivity (Wildman–Crippen MR) is 110 cm³/mol. The summed E-state index contributed by atoms with van der Waals surface area (Å²) in [6, 6.07) is 7.69. The van der Waals surface area contributed by atoms with Crippen molar-refractivity contribution in [2.75, 3.05) is 19.1 Å². The van der Waals surface area contributed by atoms with E-state index in [1.54, 1.807) is 24.2 Å². The monoisotopic (exact) mass is 449 g/mol. The quantitative estimate of drug-likeness (QED) is 0.499. The number of benzene rings is 1. The van der Waals surface area contributed by atoms with E-state index < -0.39 is 0 Å². The molecule has 0 aliphatic heterocycles. The summed E-state index contributed by atoms with van der Waals surface area (Å²) in [7, 11) is 1.63. The average Bonchev–Trinajstić information content (AvgIpc) is 3.06. The van der Waals surface area contributed by atoms with Crippen molar-refractivity contribution in [1.82, 2.24) is 19.9 Å². The second kappa shape index (κ2) is 9.01. The van der Waals surface area contributed by atoms with Crippen LogP contribution in [0.25, 0.3) is 11.4 Å². The van der Waals surface area contributed by atoms with Crippen LogP contribution in [-0.2, 0) is 6.54 Å². The Labute approximate surface area is 170 Å². The van der Waals surface area contributed by atoms with Crippen LogP contribution < -0.4 is 14.9 Å². The zero-order chi connectivity index (χ0) is 19.2. The predicted octanol–water partition coefficient (Wildman–Crippen LogP) is 4.31. The van der Waals surface area contributed by atoms with Gasteiger partial charge in [-0.05, 0) is 64.4 Å². The third kappa shape index (κ3) is 4.48. The first kappa shape index (κ1) is 19.4. The van der Waals surface area contributed by atoms with E-state index in [1.165, 1.54) is 0 Å². The number of nitrogens with zero attached hydrogens (tertiary/aromatic N) is 3. The minimum absolute atomic E-state index is 0.482. The SMILES string of the molecule is CCCOc1c(Br)cc(CNn2c(-c3ccncc3)n[nH]c2=S)cc1OC. The molecule has 0 atom stereocenters. The zero-order valence-electron chi connectivity index (χ0n) is 15.0. The van der Waals surface area contributed by atoms with Gasteiger partial charge < -0.3 is 14.9 Å². The van der Waals surface area contributed by atoms with Gasteiger partial charge in [-0.15, -0.1) is 0 Å². The average molecular weight is 450 g/mol. The van der Waals surface area contributed by atoms with Crippen molar-refractivity contribution in [3.05, 3.63) is 51.5 Å². The number of aromatic nitrogens is 4. The summed E-state index contributed by atoms with van der Waals surface area (Å²) in [4.78, 5) is 4.03. The minimum atomic E-state index is 0.482. The standard InChI is InChI=1S/C18H20BrN5O2S/c1-3-8-26-16-14(19)9-12(10-15(16)25-2)11-21-24-17(22-23-18(24)27)13-4-6-20-7-5-13/h4-7,9-10,21H,3,8,11H2,1-2H3,(H,23,27). The molecule has 0 aliphatic carbocycles. The number of nitrogens with one attached hydrogen (secondary N) is 2. The smallest absolute Gasteiger partial charge is 0.214 e. The van der Waals surface area contributed by atoms with Crippen LogP contribution in [0.3, 0.4) is 0 Å². The third-order valence-electron chi connectivity index (χ3n) is 3.79. The molecule has 3 rings (SSSR count). The van der Waals surface area contributed by atoms with Crippen molar-refractivity contribution in [2.45, 2.75) is 19.9 Å². The van der Waals surface area contributed by atoms with E-state index in [-0.39, 0.29) is 0 Å². The summed E-state index contributed by atoms with van der Waals surface area (Å²) in [6.45, 7) is 3.22. The normalized spacial score (nSPS) is 10.6. The molecule has 0 fully saturated rings. The van der Waals surface area contributed by atoms with E-state index in [0.717, 1.165) is 22.0 Å². The molecule has 27 heavy (non-hydrogen) atoms. The van der Waals surface area contributed by atoms with Gasteiger partial charge in [-0.3, -0.25) is 4.98 Å². The lowest BCUT2D eigenvalue weighted by molar-refractivity contribution is 0.292. The van der Waals surface area contributed by atoms with Crippen molar-refractivity contribution >= 4 is 28.1 Å². The van der Waals surface area contributed by atoms with Gasteiger partial charge in [0.2, 0.25) is 4.77 Å². The number of rotatable bonds is 8. The van der Waals surface area contributed by atoms with Gasteiger partial charge in [-0.2, -0.15) is 5.10 Å². The number of halogens is 1. The number of pyridine rings is 1. The fourth-order valence-corrected chi connectivity index (χ4v) is 3.33. The van der Waals surface area contributed by atoms with Crippen LogP contribution in [0.4, 0.5) is 0 Å². The van der Waals surface area contributed by atoms with Crippen molar-refractivity contribution in [2.24, 2.45) is 0 Å². The summed E-state index contributed by atoms with van der Waals surface area (Å²) < 4.78 is 14.3. The molecular weight excluding hydrogens is 430 g/mol. The Morgan fingerprint density at radius 3 is 2.78 bits per heavy atom. The molecule has 1 aromatic carbocycles. The van der Waals surface area contributed by atoms with E-state index in [4.69, 9.17) is 21.7 Å². The Bertz CT molecular complexity index is 958. The Morgan fingerprint density at radius 1 is 1.30 bits per heavy atom. The topological polar surface area (TPSA) is 77.0 Å². The first-order valence-corrected chi connectivity index (χ1v) is 9.65. The van der Waals surface area contributed by atoms with Gasteiger partial charge in [0, 0.05) is 18.0 Å². The van der Waals surface area contributed by atoms with Gasteiger partial charge in [0.1, 0.15) is 0 Å². The largest absolute Gasteiger partial charge is 0.493 e. The molecule has 3 aromatic rings. The highest BCUT2D eigenvalue weighted by molar-refractivity contribution is 9.10. The molecule has 0 radical (unpaired) electrons. The number of methoxy groups -OCH3 is 1. The summed E-state index contributed by atoms with van der Waals surface area (Å²) in [6.07, 6.45) is 4.36. The van der Waals surface area contributed by atoms with Crippen molar-refractivity contribution in [1.29, 1.82) is 0 Å². The Hall–Kier alpha value is -2.39. The summed E-state index contributed by atoms with van der Waals surface area (Å²) in [5.41, 5.74) is 5.21. The highest BCUT2D eigenvalue weighted by atomic mass is 79.9. The molecule has 142 valence electrons. The highest BCUT2D eigenvalue weighted by Gasteiger charge is 2.13. The van der Waals surface area contributed by atoms with Crippen molar-refractivity contribution in [3.63, 3.8) is 0 Å². The minimum Gasteiger partial charge on any atom is -0.493 e. The van der Waals surface area contributed by atoms with Gasteiger partial charge in [-0.1, -0.05) is 6.92 Å². The van der Waals surface area contributed by atoms with E-state index >= 15 is 0 Å². The zero-order valence-corrected chi connectivity index (χ0v) is 17.4. The summed E-state index contributed by atoms with van der Waals surface area (Å²) >= 11 is 8.91. The molecule has 2 N–H and O–H groups in total. The fourth-order valence-electron chi connectivity index (χ4n) is 2.53. The first-order chi connectivity index (χ1) is 13.1. The molecule has 0 aliphatic rings. The van der Waals surface area contributed by atoms with Crippen LogP contribution in [0.5, 0.6) is 11.5 Å². The lowest BCUT2D eigenvalue weighted by Crippen LogP contribution is -2.16. The fraction of sp³-hybridized carbons (Fsp3) is 0.278. The Kier molecular flexibility index (Phi) is 6.46. The molecule has 0 bridgehead atoms. The first-order valence-electron chi connectivity index (χ1n) is 8.45. The summed E-state index contributed by atoms with van der Waals surface area (Å²) in [5.74, 6) is 2.08. The van der Waals surface area contributed by atoms with Gasteiger partial charge >= 0.3 is 0 Å². The van der Waals surface area contributed by atoms with Crippen LogP contribution in [-0.4, -0.2) is 33.6 Å². The molecule has 0 saturated heterocycles. The van der Waals surface area contributed by atoms with Crippen LogP contribution >= 0.6 is 28.1 Å². The molecule has 0 unspecified atom stereocenters. The van der Waals surface area contributed by atoms with Gasteiger partial charge in [0.25, 0.3) is 0 Å². The Morgan fingerprint density at radius 2 is 2.07 bits per heavy atom. The van der Waals surface area contributed by atoms with Gasteiger partial charge in [0.15, 0.2) is 17.3 Å². The maximum atomic E-state index is 5.77. The van der Waals surface area contributed by atoms with E-state index in [0.29, 0.717) is 35.2 Å². The molecule has 0 spiro atoms. The molecule has 0 amide bonds. The van der Waals surface area contributed by atoms with Crippen molar-refractivity contribution in [3.8, 4) is 22.9 Å². The summed E-state index contributed by atoms with van der Waals surface area (Å²) in [5, 5.41) is 7.12. The van der Waals surface area contributed by atoms with E-state index in [2.05, 4.69) is 43.5 Å². The number of aromatic amines is 1. The van der Waals surface area contributed by atoms with E-state index in [9.17, 15) is 0 Å². The second-order valence-electron chi connectivity index (χ2n) is 5.72. The van der Waals surface area contributed by atoms with E-state index in [1.807, 2.05) is 24.3 Å². The number of hydrogen-bond acceptors (Lipinski definition) is 6. The number of hydrogen-bond donors (Lipinski definition) is 2. The second-order valence-corrected chi connectivity index (χ2v) is 6.96. The van der Waals surface area contributed by atoms with Gasteiger partial charge in [0.05, 0.1) is 24.7 Å². The van der Waals surface area contributed by atoms with Gasteiger partial charge in [-0.25, -0.2) is 9.77 Å². The number of H-pyrrole nitrogens is 1. The highest BCUT2D eigenvalue weighted by Crippen LogP contribution is 2.36. The van der Waals surface area contributed by atoms with Crippen molar-refractivity contribution < 1.29 is 9.47 Å². The molecule has 9 heteroatoms. The van der Waals surface area contributed by atoms with Crippen LogP contribution in [0.2, 0.25) is 0 Å². The third-order valence-corrected chi connectivity index (χ3v) is 4.65.